The summed E-state index contributed by atoms with van der Waals surface area (Å²) in [5.41, 5.74) is 1.15. The lowest BCUT2D eigenvalue weighted by atomic mass is 10.2. The van der Waals surface area contributed by atoms with Crippen LogP contribution in [0.2, 0.25) is 0 Å². The zero-order chi connectivity index (χ0) is 22.3. The maximum Gasteiger partial charge on any atom is 0.311 e. The van der Waals surface area contributed by atoms with Crippen molar-refractivity contribution >= 4 is 5.97 Å². The molecule has 5 nitrogen and oxygen atoms in total. The van der Waals surface area contributed by atoms with Gasteiger partial charge in [0.25, 0.3) is 0 Å². The molecule has 0 aliphatic rings. The second-order valence-corrected chi connectivity index (χ2v) is 6.96. The Hall–Kier alpha value is -4.00. The van der Waals surface area contributed by atoms with Crippen LogP contribution < -0.4 is 9.47 Å². The second-order valence-electron chi connectivity index (χ2n) is 6.96. The van der Waals surface area contributed by atoms with Crippen LogP contribution in [0.1, 0.15) is 17.9 Å². The van der Waals surface area contributed by atoms with Gasteiger partial charge in [-0.3, -0.25) is 4.79 Å². The van der Waals surface area contributed by atoms with Gasteiger partial charge in [-0.25, -0.2) is 13.8 Å². The van der Waals surface area contributed by atoms with Crippen LogP contribution in [0.25, 0.3) is 11.3 Å². The lowest BCUT2D eigenvalue weighted by Gasteiger charge is -2.08. The summed E-state index contributed by atoms with van der Waals surface area (Å²) in [5, 5.41) is 0. The molecule has 0 aliphatic carbocycles. The maximum atomic E-state index is 13.9. The molecule has 0 radical (unpaired) electrons. The van der Waals surface area contributed by atoms with Gasteiger partial charge < -0.3 is 13.9 Å². The van der Waals surface area contributed by atoms with Gasteiger partial charge >= 0.3 is 5.97 Å². The molecule has 0 bridgehead atoms. The Morgan fingerprint density at radius 2 is 1.69 bits per heavy atom. The zero-order valence-electron chi connectivity index (χ0n) is 17.0. The van der Waals surface area contributed by atoms with E-state index >= 15 is 0 Å². The number of ether oxygens (including phenoxy) is 2. The van der Waals surface area contributed by atoms with Crippen LogP contribution in [0.3, 0.4) is 0 Å². The van der Waals surface area contributed by atoms with E-state index < -0.39 is 17.6 Å². The van der Waals surface area contributed by atoms with Crippen molar-refractivity contribution in [3.05, 3.63) is 102 Å². The first-order valence-electron chi connectivity index (χ1n) is 9.94. The SMILES string of the molecule is O=C(CCc1ncc(-c2ccc(F)cc2F)o1)Oc1ccc(OCc2ccccc2)cc1. The van der Waals surface area contributed by atoms with Gasteiger partial charge in [-0.2, -0.15) is 0 Å². The van der Waals surface area contributed by atoms with Crippen LogP contribution in [-0.4, -0.2) is 11.0 Å². The molecule has 0 N–H and O–H groups in total. The fraction of sp³-hybridized carbons (Fsp3) is 0.120. The molecule has 32 heavy (non-hydrogen) atoms. The molecule has 4 aromatic rings. The first kappa shape index (κ1) is 21.2. The summed E-state index contributed by atoms with van der Waals surface area (Å²) >= 11 is 0. The van der Waals surface area contributed by atoms with Crippen LogP contribution >= 0.6 is 0 Å². The Morgan fingerprint density at radius 1 is 0.938 bits per heavy atom. The van der Waals surface area contributed by atoms with Crippen LogP contribution in [0, 0.1) is 11.6 Å². The summed E-state index contributed by atoms with van der Waals surface area (Å²) in [4.78, 5) is 16.2. The monoisotopic (exact) mass is 435 g/mol. The van der Waals surface area contributed by atoms with Gasteiger partial charge in [0.05, 0.1) is 18.2 Å². The van der Waals surface area contributed by atoms with Crippen molar-refractivity contribution in [3.8, 4) is 22.8 Å². The molecule has 162 valence electrons. The number of carbonyl (C=O) groups is 1. The van der Waals surface area contributed by atoms with Gasteiger partial charge in [-0.05, 0) is 42.0 Å². The molecule has 0 saturated carbocycles. The predicted molar refractivity (Wildman–Crippen MR) is 113 cm³/mol. The van der Waals surface area contributed by atoms with Gasteiger partial charge in [-0.15, -0.1) is 0 Å². The number of aryl methyl sites for hydroxylation is 1. The van der Waals surface area contributed by atoms with E-state index in [2.05, 4.69) is 4.98 Å². The van der Waals surface area contributed by atoms with Gasteiger partial charge in [0.2, 0.25) is 0 Å². The molecule has 1 heterocycles. The summed E-state index contributed by atoms with van der Waals surface area (Å²) in [7, 11) is 0. The number of hydrogen-bond acceptors (Lipinski definition) is 5. The van der Waals surface area contributed by atoms with Gasteiger partial charge in [-0.1, -0.05) is 30.3 Å². The molecular formula is C25H19F2NO4. The molecule has 3 aromatic carbocycles. The van der Waals surface area contributed by atoms with Gasteiger partial charge in [0.15, 0.2) is 11.7 Å². The van der Waals surface area contributed by atoms with Crippen LogP contribution in [0.5, 0.6) is 11.5 Å². The van der Waals surface area contributed by atoms with Crippen LogP contribution in [0.15, 0.2) is 83.4 Å². The number of aromatic nitrogens is 1. The standard InChI is InChI=1S/C25H19F2NO4/c26-18-6-11-21(22(27)14-18)23-15-28-24(32-23)12-13-25(29)31-20-9-7-19(8-10-20)30-16-17-4-2-1-3-5-17/h1-11,14-15H,12-13,16H2. The van der Waals surface area contributed by atoms with E-state index in [0.717, 1.165) is 17.7 Å². The third-order valence-electron chi connectivity index (χ3n) is 4.60. The number of benzene rings is 3. The Balaban J connectivity index is 1.26. The van der Waals surface area contributed by atoms with Crippen LogP contribution in [-0.2, 0) is 17.8 Å². The summed E-state index contributed by atoms with van der Waals surface area (Å²) in [6.45, 7) is 0.444. The lowest BCUT2D eigenvalue weighted by molar-refractivity contribution is -0.134. The van der Waals surface area contributed by atoms with Crippen molar-refractivity contribution in [1.82, 2.24) is 4.98 Å². The number of nitrogens with zero attached hydrogens (tertiary/aromatic N) is 1. The Morgan fingerprint density at radius 3 is 2.44 bits per heavy atom. The van der Waals surface area contributed by atoms with Crippen molar-refractivity contribution < 1.29 is 27.5 Å². The largest absolute Gasteiger partial charge is 0.489 e. The number of carbonyl (C=O) groups excluding carboxylic acids is 1. The lowest BCUT2D eigenvalue weighted by Crippen LogP contribution is -2.09. The molecule has 0 atom stereocenters. The van der Waals surface area contributed by atoms with E-state index in [1.807, 2.05) is 30.3 Å². The second kappa shape index (κ2) is 9.87. The van der Waals surface area contributed by atoms with E-state index in [1.54, 1.807) is 24.3 Å². The topological polar surface area (TPSA) is 61.6 Å². The van der Waals surface area contributed by atoms with Crippen molar-refractivity contribution in [2.75, 3.05) is 0 Å². The number of halogens is 2. The molecule has 1 aromatic heterocycles. The first-order valence-corrected chi connectivity index (χ1v) is 9.94. The number of esters is 1. The predicted octanol–water partition coefficient (Wildman–Crippen LogP) is 5.74. The Labute approximate surface area is 183 Å². The summed E-state index contributed by atoms with van der Waals surface area (Å²) in [5.74, 6) is -0.414. The highest BCUT2D eigenvalue weighted by molar-refractivity contribution is 5.72. The molecular weight excluding hydrogens is 416 g/mol. The van der Waals surface area contributed by atoms with E-state index in [1.165, 1.54) is 12.3 Å². The van der Waals surface area contributed by atoms with E-state index in [-0.39, 0.29) is 30.1 Å². The summed E-state index contributed by atoms with van der Waals surface area (Å²) in [6.07, 6.45) is 1.54. The van der Waals surface area contributed by atoms with Gasteiger partial charge in [0, 0.05) is 12.5 Å². The quantitative estimate of drug-likeness (QED) is 0.261. The van der Waals surface area contributed by atoms with E-state index in [4.69, 9.17) is 13.9 Å². The fourth-order valence-electron chi connectivity index (χ4n) is 2.98. The Kier molecular flexibility index (Phi) is 6.55. The van der Waals surface area contributed by atoms with Crippen molar-refractivity contribution in [2.24, 2.45) is 0 Å². The minimum absolute atomic E-state index is 0.0259. The van der Waals surface area contributed by atoms with Crippen molar-refractivity contribution in [2.45, 2.75) is 19.4 Å². The van der Waals surface area contributed by atoms with Crippen LogP contribution in [0.4, 0.5) is 8.78 Å². The highest BCUT2D eigenvalue weighted by Gasteiger charge is 2.14. The molecule has 0 amide bonds. The minimum atomic E-state index is -0.747. The number of rotatable bonds is 8. The fourth-order valence-corrected chi connectivity index (χ4v) is 2.98. The molecule has 0 fully saturated rings. The summed E-state index contributed by atoms with van der Waals surface area (Å²) < 4.78 is 43.4. The third kappa shape index (κ3) is 5.57. The van der Waals surface area contributed by atoms with Crippen molar-refractivity contribution in [1.29, 1.82) is 0 Å². The zero-order valence-corrected chi connectivity index (χ0v) is 17.0. The Bertz CT molecular complexity index is 1190. The van der Waals surface area contributed by atoms with E-state index in [9.17, 15) is 13.6 Å². The highest BCUT2D eigenvalue weighted by atomic mass is 19.1. The molecule has 0 unspecified atom stereocenters. The smallest absolute Gasteiger partial charge is 0.311 e. The molecule has 7 heteroatoms. The normalized spacial score (nSPS) is 10.7. The van der Waals surface area contributed by atoms with Crippen molar-refractivity contribution in [3.63, 3.8) is 0 Å². The minimum Gasteiger partial charge on any atom is -0.489 e. The average molecular weight is 435 g/mol. The molecule has 0 spiro atoms. The number of oxazole rings is 1. The molecule has 0 saturated heterocycles. The number of hydrogen-bond donors (Lipinski definition) is 0. The van der Waals surface area contributed by atoms with Gasteiger partial charge in [0.1, 0.15) is 29.7 Å². The maximum absolute atomic E-state index is 13.9. The molecule has 0 aliphatic heterocycles. The third-order valence-corrected chi connectivity index (χ3v) is 4.60. The van der Waals surface area contributed by atoms with E-state index in [0.29, 0.717) is 18.1 Å². The average Bonchev–Trinajstić information content (AvgIpc) is 3.27. The first-order chi connectivity index (χ1) is 15.6. The summed E-state index contributed by atoms with van der Waals surface area (Å²) in [6, 6.07) is 19.7. The molecule has 4 rings (SSSR count). The highest BCUT2D eigenvalue weighted by Crippen LogP contribution is 2.25.